The first-order valence-corrected chi connectivity index (χ1v) is 8.11. The fourth-order valence-corrected chi connectivity index (χ4v) is 3.64. The maximum atomic E-state index is 12.3. The number of nitrogens with zero attached hydrogens (tertiary/aromatic N) is 1. The Morgan fingerprint density at radius 2 is 1.76 bits per heavy atom. The van der Waals surface area contributed by atoms with Gasteiger partial charge in [0, 0.05) is 13.0 Å². The van der Waals surface area contributed by atoms with E-state index < -0.39 is 5.97 Å². The van der Waals surface area contributed by atoms with Crippen LogP contribution in [-0.2, 0) is 14.4 Å². The maximum Gasteiger partial charge on any atom is 0.303 e. The molecule has 0 aromatic heterocycles. The Balaban J connectivity index is 1.88. The Morgan fingerprint density at radius 3 is 2.24 bits per heavy atom. The van der Waals surface area contributed by atoms with Crippen LogP contribution < -0.4 is 0 Å². The lowest BCUT2D eigenvalue weighted by molar-refractivity contribution is -0.141. The van der Waals surface area contributed by atoms with E-state index in [1.54, 1.807) is 0 Å². The van der Waals surface area contributed by atoms with Gasteiger partial charge in [-0.15, -0.1) is 0 Å². The highest BCUT2D eigenvalue weighted by molar-refractivity contribution is 6.05. The molecule has 21 heavy (non-hydrogen) atoms. The zero-order valence-corrected chi connectivity index (χ0v) is 12.7. The molecule has 0 aromatic carbocycles. The molecule has 118 valence electrons. The molecule has 5 heteroatoms. The molecule has 1 saturated heterocycles. The molecule has 0 radical (unpaired) electrons. The largest absolute Gasteiger partial charge is 0.481 e. The van der Waals surface area contributed by atoms with Gasteiger partial charge in [0.15, 0.2) is 0 Å². The molecule has 0 aromatic rings. The summed E-state index contributed by atoms with van der Waals surface area (Å²) in [4.78, 5) is 36.7. The molecule has 5 nitrogen and oxygen atoms in total. The minimum atomic E-state index is -0.784. The number of hydrogen-bond donors (Lipinski definition) is 1. The second-order valence-corrected chi connectivity index (χ2v) is 6.32. The van der Waals surface area contributed by atoms with Gasteiger partial charge in [0.05, 0.1) is 11.8 Å². The number of imide groups is 1. The van der Waals surface area contributed by atoms with Crippen molar-refractivity contribution in [2.45, 2.75) is 58.3 Å². The van der Waals surface area contributed by atoms with Crippen molar-refractivity contribution in [2.75, 3.05) is 6.54 Å². The van der Waals surface area contributed by atoms with Crippen molar-refractivity contribution in [2.24, 2.45) is 17.8 Å². The number of carboxylic acids is 1. The molecule has 0 bridgehead atoms. The first kappa shape index (κ1) is 16.0. The summed E-state index contributed by atoms with van der Waals surface area (Å²) >= 11 is 0. The van der Waals surface area contributed by atoms with Gasteiger partial charge in [-0.3, -0.25) is 19.3 Å². The molecule has 2 amide bonds. The zero-order chi connectivity index (χ0) is 15.4. The van der Waals surface area contributed by atoms with Gasteiger partial charge in [-0.1, -0.05) is 26.2 Å². The van der Waals surface area contributed by atoms with Crippen LogP contribution in [0.4, 0.5) is 0 Å². The lowest BCUT2D eigenvalue weighted by Crippen LogP contribution is -2.33. The van der Waals surface area contributed by atoms with Crippen molar-refractivity contribution < 1.29 is 19.5 Å². The number of rotatable bonds is 7. The summed E-state index contributed by atoms with van der Waals surface area (Å²) in [6.07, 6.45) is 6.18. The second-order valence-electron chi connectivity index (χ2n) is 6.32. The molecule has 1 heterocycles. The number of likely N-dealkylation sites (tertiary alicyclic amines) is 1. The third-order valence-corrected chi connectivity index (χ3v) is 5.04. The lowest BCUT2D eigenvalue weighted by Gasteiger charge is -2.19. The number of aliphatic carboxylic acids is 1. The van der Waals surface area contributed by atoms with Crippen molar-refractivity contribution in [3.8, 4) is 0 Å². The minimum Gasteiger partial charge on any atom is -0.481 e. The molecule has 1 aliphatic heterocycles. The van der Waals surface area contributed by atoms with E-state index >= 15 is 0 Å². The molecule has 2 fully saturated rings. The van der Waals surface area contributed by atoms with Gasteiger partial charge in [0.2, 0.25) is 11.8 Å². The molecule has 1 N–H and O–H groups in total. The van der Waals surface area contributed by atoms with Crippen LogP contribution in [0.25, 0.3) is 0 Å². The van der Waals surface area contributed by atoms with Crippen LogP contribution in [0.2, 0.25) is 0 Å². The fourth-order valence-electron chi connectivity index (χ4n) is 3.64. The van der Waals surface area contributed by atoms with Crippen molar-refractivity contribution in [3.05, 3.63) is 0 Å². The van der Waals surface area contributed by atoms with Gasteiger partial charge in [-0.05, 0) is 31.6 Å². The molecule has 1 aliphatic carbocycles. The Bertz CT molecular complexity index is 397. The van der Waals surface area contributed by atoms with E-state index in [0.717, 1.165) is 38.5 Å². The monoisotopic (exact) mass is 295 g/mol. The van der Waals surface area contributed by atoms with Gasteiger partial charge in [-0.2, -0.15) is 0 Å². The van der Waals surface area contributed by atoms with Crippen molar-refractivity contribution >= 4 is 17.8 Å². The normalized spacial score (nSPS) is 26.8. The summed E-state index contributed by atoms with van der Waals surface area (Å²) in [7, 11) is 0. The van der Waals surface area contributed by atoms with Gasteiger partial charge in [0.25, 0.3) is 0 Å². The van der Waals surface area contributed by atoms with E-state index in [1.807, 2.05) is 6.92 Å². The molecule has 3 unspecified atom stereocenters. The van der Waals surface area contributed by atoms with Crippen LogP contribution in [0, 0.1) is 17.8 Å². The summed E-state index contributed by atoms with van der Waals surface area (Å²) in [6.45, 7) is 2.49. The molecular formula is C16H25NO4. The van der Waals surface area contributed by atoms with E-state index in [9.17, 15) is 14.4 Å². The highest BCUT2D eigenvalue weighted by Crippen LogP contribution is 2.38. The average Bonchev–Trinajstić information content (AvgIpc) is 2.72. The van der Waals surface area contributed by atoms with Crippen LogP contribution in [-0.4, -0.2) is 34.3 Å². The molecule has 3 atom stereocenters. The van der Waals surface area contributed by atoms with Crippen LogP contribution in [0.15, 0.2) is 0 Å². The topological polar surface area (TPSA) is 74.7 Å². The molecule has 0 spiro atoms. The van der Waals surface area contributed by atoms with Crippen molar-refractivity contribution in [1.82, 2.24) is 4.90 Å². The van der Waals surface area contributed by atoms with E-state index in [1.165, 1.54) is 4.90 Å². The Kier molecular flexibility index (Phi) is 5.37. The number of carboxylic acid groups (broad SMARTS) is 1. The van der Waals surface area contributed by atoms with Crippen LogP contribution in [0.1, 0.15) is 58.3 Å². The summed E-state index contributed by atoms with van der Waals surface area (Å²) in [5, 5.41) is 8.74. The highest BCUT2D eigenvalue weighted by Gasteiger charge is 2.47. The Morgan fingerprint density at radius 1 is 1.19 bits per heavy atom. The zero-order valence-electron chi connectivity index (χ0n) is 12.7. The minimum absolute atomic E-state index is 0.0118. The number of fused-ring (bicyclic) bond motifs is 1. The molecule has 2 rings (SSSR count). The Hall–Kier alpha value is -1.39. The predicted molar refractivity (Wildman–Crippen MR) is 77.4 cm³/mol. The number of carbonyl (C=O) groups is 3. The summed E-state index contributed by atoms with van der Waals surface area (Å²) < 4.78 is 0. The quantitative estimate of drug-likeness (QED) is 0.732. The first-order chi connectivity index (χ1) is 10.0. The number of carbonyl (C=O) groups excluding carboxylic acids is 2. The number of hydrogen-bond acceptors (Lipinski definition) is 3. The Labute approximate surface area is 125 Å². The summed E-state index contributed by atoms with van der Waals surface area (Å²) in [6, 6.07) is 0. The van der Waals surface area contributed by atoms with Crippen molar-refractivity contribution in [3.63, 3.8) is 0 Å². The van der Waals surface area contributed by atoms with Crippen LogP contribution >= 0.6 is 0 Å². The van der Waals surface area contributed by atoms with Gasteiger partial charge in [0.1, 0.15) is 0 Å². The third-order valence-electron chi connectivity index (χ3n) is 5.04. The SMILES string of the molecule is CCC(CCC(=O)O)CCN1C(=O)C2CCCCC2C1=O. The van der Waals surface area contributed by atoms with E-state index in [2.05, 4.69) is 0 Å². The highest BCUT2D eigenvalue weighted by atomic mass is 16.4. The van der Waals surface area contributed by atoms with E-state index in [4.69, 9.17) is 5.11 Å². The van der Waals surface area contributed by atoms with Crippen LogP contribution in [0.3, 0.4) is 0 Å². The average molecular weight is 295 g/mol. The smallest absolute Gasteiger partial charge is 0.303 e. The van der Waals surface area contributed by atoms with Gasteiger partial charge < -0.3 is 5.11 Å². The predicted octanol–water partition coefficient (Wildman–Crippen LogP) is 2.44. The molecule has 1 saturated carbocycles. The third kappa shape index (κ3) is 3.63. The van der Waals surface area contributed by atoms with E-state index in [-0.39, 0.29) is 36.0 Å². The number of amides is 2. The maximum absolute atomic E-state index is 12.3. The molecule has 2 aliphatic rings. The fraction of sp³-hybridized carbons (Fsp3) is 0.812. The van der Waals surface area contributed by atoms with Gasteiger partial charge >= 0.3 is 5.97 Å². The lowest BCUT2D eigenvalue weighted by atomic mass is 9.81. The van der Waals surface area contributed by atoms with Gasteiger partial charge in [-0.25, -0.2) is 0 Å². The molecular weight excluding hydrogens is 270 g/mol. The first-order valence-electron chi connectivity index (χ1n) is 8.11. The second kappa shape index (κ2) is 7.05. The van der Waals surface area contributed by atoms with E-state index in [0.29, 0.717) is 13.0 Å². The summed E-state index contributed by atoms with van der Waals surface area (Å²) in [5.41, 5.74) is 0. The standard InChI is InChI=1S/C16H25NO4/c1-2-11(7-8-14(18)19)9-10-17-15(20)12-5-3-4-6-13(12)16(17)21/h11-13H,2-10H2,1H3,(H,18,19). The van der Waals surface area contributed by atoms with Crippen molar-refractivity contribution in [1.29, 1.82) is 0 Å². The van der Waals surface area contributed by atoms with Crippen LogP contribution in [0.5, 0.6) is 0 Å². The summed E-state index contributed by atoms with van der Waals surface area (Å²) in [5.74, 6) is -0.650.